The van der Waals surface area contributed by atoms with E-state index < -0.39 is 11.5 Å². The van der Waals surface area contributed by atoms with Gasteiger partial charge in [0.1, 0.15) is 11.4 Å². The molecule has 1 rings (SSSR count). The van der Waals surface area contributed by atoms with Crippen molar-refractivity contribution in [3.63, 3.8) is 0 Å². The lowest BCUT2D eigenvalue weighted by atomic mass is 9.98. The zero-order valence-corrected chi connectivity index (χ0v) is 11.6. The van der Waals surface area contributed by atoms with Gasteiger partial charge in [-0.15, -0.1) is 0 Å². The van der Waals surface area contributed by atoms with E-state index in [1.807, 2.05) is 11.8 Å². The van der Waals surface area contributed by atoms with Gasteiger partial charge < -0.3 is 15.3 Å². The Kier molecular flexibility index (Phi) is 5.30. The first-order valence-electron chi connectivity index (χ1n) is 6.35. The summed E-state index contributed by atoms with van der Waals surface area (Å²) in [6, 6.07) is 6.23. The number of nitrogens with one attached hydrogen (secondary N) is 1. The van der Waals surface area contributed by atoms with Crippen molar-refractivity contribution < 1.29 is 14.3 Å². The molecule has 1 aromatic rings. The van der Waals surface area contributed by atoms with Crippen LogP contribution >= 0.6 is 0 Å². The third-order valence-corrected chi connectivity index (χ3v) is 3.48. The van der Waals surface area contributed by atoms with Gasteiger partial charge in [0.2, 0.25) is 0 Å². The topological polar surface area (TPSA) is 52.6 Å². The minimum atomic E-state index is -0.951. The van der Waals surface area contributed by atoms with Crippen LogP contribution in [0.3, 0.4) is 0 Å². The first-order chi connectivity index (χ1) is 8.92. The van der Waals surface area contributed by atoms with Crippen LogP contribution in [-0.2, 0) is 4.79 Å². The maximum atomic E-state index is 12.9. The number of hydrogen-bond donors (Lipinski definition) is 2. The lowest BCUT2D eigenvalue weighted by molar-refractivity contribution is -0.144. The van der Waals surface area contributed by atoms with E-state index >= 15 is 0 Å². The number of rotatable bonds is 7. The summed E-state index contributed by atoms with van der Waals surface area (Å²) < 4.78 is 12.9. The molecule has 0 aromatic heterocycles. The summed E-state index contributed by atoms with van der Waals surface area (Å²) in [7, 11) is 1.64. The highest BCUT2D eigenvalue weighted by atomic mass is 19.1. The average molecular weight is 268 g/mol. The molecule has 4 nitrogen and oxygen atoms in total. The van der Waals surface area contributed by atoms with Crippen LogP contribution in [0.4, 0.5) is 10.1 Å². The Labute approximate surface area is 113 Å². The molecule has 2 N–H and O–H groups in total. The lowest BCUT2D eigenvalue weighted by Gasteiger charge is -2.29. The van der Waals surface area contributed by atoms with Crippen LogP contribution in [0.2, 0.25) is 0 Å². The molecule has 0 radical (unpaired) electrons. The van der Waals surface area contributed by atoms with Crippen LogP contribution in [0.25, 0.3) is 0 Å². The largest absolute Gasteiger partial charge is 0.480 e. The number of aliphatic carboxylic acids is 1. The Morgan fingerprint density at radius 2 is 2.00 bits per heavy atom. The average Bonchev–Trinajstić information content (AvgIpc) is 2.40. The summed E-state index contributed by atoms with van der Waals surface area (Å²) in [5, 5.41) is 12.0. The normalized spacial score (nSPS) is 13.9. The van der Waals surface area contributed by atoms with E-state index in [0.29, 0.717) is 13.0 Å². The molecule has 0 saturated heterocycles. The second kappa shape index (κ2) is 6.52. The molecule has 1 aromatic carbocycles. The third kappa shape index (κ3) is 3.92. The molecular weight excluding hydrogens is 247 g/mol. The fourth-order valence-corrected chi connectivity index (χ4v) is 1.82. The quantitative estimate of drug-likeness (QED) is 0.795. The predicted molar refractivity (Wildman–Crippen MR) is 74.0 cm³/mol. The molecular formula is C14H21FN2O2. The van der Waals surface area contributed by atoms with Crippen LogP contribution in [0, 0.1) is 5.82 Å². The molecule has 0 saturated carbocycles. The molecule has 0 aliphatic heterocycles. The Balaban J connectivity index is 2.73. The van der Waals surface area contributed by atoms with Crippen molar-refractivity contribution in [1.29, 1.82) is 0 Å². The van der Waals surface area contributed by atoms with Crippen LogP contribution in [0.15, 0.2) is 24.3 Å². The van der Waals surface area contributed by atoms with Gasteiger partial charge in [0.15, 0.2) is 0 Å². The van der Waals surface area contributed by atoms with Gasteiger partial charge in [0.05, 0.1) is 0 Å². The van der Waals surface area contributed by atoms with Crippen molar-refractivity contribution in [2.75, 3.05) is 25.0 Å². The van der Waals surface area contributed by atoms with Gasteiger partial charge in [0.25, 0.3) is 0 Å². The standard InChI is InChI=1S/C14H21FN2O2/c1-4-17(12-7-5-11(15)6-8-12)10-9-14(2,16-3)13(18)19/h5-8,16H,4,9-10H2,1-3H3,(H,18,19). The van der Waals surface area contributed by atoms with Gasteiger partial charge in [0, 0.05) is 18.8 Å². The molecule has 5 heteroatoms. The summed E-state index contributed by atoms with van der Waals surface area (Å²) in [4.78, 5) is 13.2. The van der Waals surface area contributed by atoms with Crippen molar-refractivity contribution in [1.82, 2.24) is 5.32 Å². The number of nitrogens with zero attached hydrogens (tertiary/aromatic N) is 1. The van der Waals surface area contributed by atoms with Crippen LogP contribution < -0.4 is 10.2 Å². The molecule has 0 aliphatic carbocycles. The van der Waals surface area contributed by atoms with E-state index in [1.165, 1.54) is 12.1 Å². The van der Waals surface area contributed by atoms with E-state index in [-0.39, 0.29) is 5.82 Å². The Morgan fingerprint density at radius 3 is 2.42 bits per heavy atom. The number of anilines is 1. The van der Waals surface area contributed by atoms with E-state index in [4.69, 9.17) is 0 Å². The molecule has 0 heterocycles. The zero-order chi connectivity index (χ0) is 14.5. The van der Waals surface area contributed by atoms with E-state index in [9.17, 15) is 14.3 Å². The van der Waals surface area contributed by atoms with E-state index in [1.54, 1.807) is 26.1 Å². The lowest BCUT2D eigenvalue weighted by Crippen LogP contribution is -2.49. The number of carboxylic acid groups (broad SMARTS) is 1. The molecule has 0 spiro atoms. The smallest absolute Gasteiger partial charge is 0.323 e. The molecule has 1 atom stereocenters. The molecule has 0 aliphatic rings. The molecule has 0 fully saturated rings. The van der Waals surface area contributed by atoms with Crippen LogP contribution in [0.1, 0.15) is 20.3 Å². The van der Waals surface area contributed by atoms with Gasteiger partial charge >= 0.3 is 5.97 Å². The van der Waals surface area contributed by atoms with E-state index in [2.05, 4.69) is 5.32 Å². The predicted octanol–water partition coefficient (Wildman–Crippen LogP) is 2.10. The van der Waals surface area contributed by atoms with Gasteiger partial charge in [-0.3, -0.25) is 4.79 Å². The Morgan fingerprint density at radius 1 is 1.42 bits per heavy atom. The van der Waals surface area contributed by atoms with Gasteiger partial charge in [-0.1, -0.05) is 0 Å². The molecule has 106 valence electrons. The number of likely N-dealkylation sites (N-methyl/N-ethyl adjacent to an activating group) is 1. The second-order valence-electron chi connectivity index (χ2n) is 4.69. The van der Waals surface area contributed by atoms with Crippen molar-refractivity contribution in [2.45, 2.75) is 25.8 Å². The first-order valence-corrected chi connectivity index (χ1v) is 6.35. The zero-order valence-electron chi connectivity index (χ0n) is 11.6. The highest BCUT2D eigenvalue weighted by Gasteiger charge is 2.31. The number of hydrogen-bond acceptors (Lipinski definition) is 3. The fourth-order valence-electron chi connectivity index (χ4n) is 1.82. The minimum Gasteiger partial charge on any atom is -0.480 e. The summed E-state index contributed by atoms with van der Waals surface area (Å²) in [5.41, 5.74) is -0.0549. The Bertz CT molecular complexity index is 422. The highest BCUT2D eigenvalue weighted by molar-refractivity contribution is 5.78. The third-order valence-electron chi connectivity index (χ3n) is 3.48. The van der Waals surface area contributed by atoms with Crippen LogP contribution in [-0.4, -0.2) is 36.8 Å². The SMILES string of the molecule is CCN(CCC(C)(NC)C(=O)O)c1ccc(F)cc1. The number of carboxylic acids is 1. The van der Waals surface area contributed by atoms with Gasteiger partial charge in [-0.05, 0) is 51.6 Å². The van der Waals surface area contributed by atoms with Crippen molar-refractivity contribution >= 4 is 11.7 Å². The second-order valence-corrected chi connectivity index (χ2v) is 4.69. The summed E-state index contributed by atoms with van der Waals surface area (Å²) in [6.07, 6.45) is 0.462. The minimum absolute atomic E-state index is 0.273. The van der Waals surface area contributed by atoms with E-state index in [0.717, 1.165) is 12.2 Å². The fraction of sp³-hybridized carbons (Fsp3) is 0.500. The molecule has 1 unspecified atom stereocenters. The van der Waals surface area contributed by atoms with Crippen LogP contribution in [0.5, 0.6) is 0 Å². The number of benzene rings is 1. The maximum Gasteiger partial charge on any atom is 0.323 e. The summed E-state index contributed by atoms with van der Waals surface area (Å²) >= 11 is 0. The van der Waals surface area contributed by atoms with Gasteiger partial charge in [-0.2, -0.15) is 0 Å². The molecule has 0 bridgehead atoms. The maximum absolute atomic E-state index is 12.9. The summed E-state index contributed by atoms with van der Waals surface area (Å²) in [6.45, 7) is 4.98. The molecule has 19 heavy (non-hydrogen) atoms. The summed E-state index contributed by atoms with van der Waals surface area (Å²) in [5.74, 6) is -1.14. The first kappa shape index (κ1) is 15.4. The number of carbonyl (C=O) groups is 1. The van der Waals surface area contributed by atoms with Gasteiger partial charge in [-0.25, -0.2) is 4.39 Å². The molecule has 0 amide bonds. The van der Waals surface area contributed by atoms with Crippen molar-refractivity contribution in [2.24, 2.45) is 0 Å². The van der Waals surface area contributed by atoms with Crippen molar-refractivity contribution in [3.8, 4) is 0 Å². The number of halogens is 1. The Hall–Kier alpha value is -1.62. The monoisotopic (exact) mass is 268 g/mol. The highest BCUT2D eigenvalue weighted by Crippen LogP contribution is 2.17. The van der Waals surface area contributed by atoms with Crippen molar-refractivity contribution in [3.05, 3.63) is 30.1 Å².